The Morgan fingerprint density at radius 2 is 1.82 bits per heavy atom. The summed E-state index contributed by atoms with van der Waals surface area (Å²) in [6.07, 6.45) is 0. The van der Waals surface area contributed by atoms with Crippen LogP contribution < -0.4 is 0 Å². The Morgan fingerprint density at radius 3 is 2.00 bits per heavy atom. The molecule has 0 radical (unpaired) electrons. The van der Waals surface area contributed by atoms with E-state index in [4.69, 9.17) is 0 Å². The molecule has 0 saturated carbocycles. The van der Waals surface area contributed by atoms with Crippen LogP contribution in [0.1, 0.15) is 27.7 Å². The summed E-state index contributed by atoms with van der Waals surface area (Å²) in [7, 11) is 2.39. The molecule has 4 unspecified atom stereocenters. The lowest BCUT2D eigenvalue weighted by Crippen LogP contribution is -2.47. The molecule has 1 nitrogen and oxygen atoms in total. The van der Waals surface area contributed by atoms with Crippen LogP contribution in [0.5, 0.6) is 0 Å². The molecule has 0 aliphatic carbocycles. The second-order valence-electron chi connectivity index (χ2n) is 4.56. The second-order valence-corrected chi connectivity index (χ2v) is 4.56. The second kappa shape index (κ2) is 2.78. The highest BCUT2D eigenvalue weighted by Crippen LogP contribution is 2.33. The van der Waals surface area contributed by atoms with Gasteiger partial charge >= 0.3 is 0 Å². The molecule has 66 valence electrons. The standard InChI is InChI=1S/C10H22N/c1-6-11(5)7-8(2)9(3)10(11)4/h8-10H,6-7H2,1-5H3/q+1. The minimum Gasteiger partial charge on any atom is -0.324 e. The molecule has 1 aliphatic heterocycles. The van der Waals surface area contributed by atoms with Crippen LogP contribution in [0.4, 0.5) is 0 Å². The first-order chi connectivity index (χ1) is 5.01. The van der Waals surface area contributed by atoms with Gasteiger partial charge in [-0.05, 0) is 13.8 Å². The SMILES string of the molecule is CC[N+]1(C)CC(C)C(C)C1C. The molecular formula is C10H22N+. The average molecular weight is 156 g/mol. The average Bonchev–Trinajstić information content (AvgIpc) is 2.17. The normalized spacial score (nSPS) is 51.5. The zero-order chi connectivity index (χ0) is 8.65. The monoisotopic (exact) mass is 156 g/mol. The lowest BCUT2D eigenvalue weighted by molar-refractivity contribution is -0.920. The van der Waals surface area contributed by atoms with E-state index in [1.54, 1.807) is 0 Å². The van der Waals surface area contributed by atoms with Gasteiger partial charge in [-0.3, -0.25) is 0 Å². The van der Waals surface area contributed by atoms with Crippen LogP contribution in [0.3, 0.4) is 0 Å². The number of nitrogens with zero attached hydrogens (tertiary/aromatic N) is 1. The zero-order valence-electron chi connectivity index (χ0n) is 8.59. The van der Waals surface area contributed by atoms with E-state index in [-0.39, 0.29) is 0 Å². The van der Waals surface area contributed by atoms with Gasteiger partial charge in [-0.25, -0.2) is 0 Å². The third kappa shape index (κ3) is 1.31. The Kier molecular flexibility index (Phi) is 2.29. The van der Waals surface area contributed by atoms with E-state index in [0.29, 0.717) is 0 Å². The van der Waals surface area contributed by atoms with Gasteiger partial charge in [-0.2, -0.15) is 0 Å². The van der Waals surface area contributed by atoms with Crippen molar-refractivity contribution in [3.8, 4) is 0 Å². The molecule has 0 bridgehead atoms. The van der Waals surface area contributed by atoms with Crippen molar-refractivity contribution in [3.05, 3.63) is 0 Å². The van der Waals surface area contributed by atoms with Gasteiger partial charge in [-0.15, -0.1) is 0 Å². The summed E-state index contributed by atoms with van der Waals surface area (Å²) in [5, 5.41) is 0. The number of rotatable bonds is 1. The number of quaternary nitrogens is 1. The number of hydrogen-bond donors (Lipinski definition) is 0. The Balaban J connectivity index is 2.73. The van der Waals surface area contributed by atoms with E-state index in [1.165, 1.54) is 17.6 Å². The van der Waals surface area contributed by atoms with Crippen molar-refractivity contribution < 1.29 is 4.48 Å². The smallest absolute Gasteiger partial charge is 0.0890 e. The molecule has 1 fully saturated rings. The van der Waals surface area contributed by atoms with E-state index in [0.717, 1.165) is 17.9 Å². The molecule has 1 heterocycles. The van der Waals surface area contributed by atoms with Crippen molar-refractivity contribution in [2.24, 2.45) is 11.8 Å². The third-order valence-corrected chi connectivity index (χ3v) is 4.07. The van der Waals surface area contributed by atoms with Crippen LogP contribution >= 0.6 is 0 Å². The summed E-state index contributed by atoms with van der Waals surface area (Å²) in [6, 6.07) is 0.856. The van der Waals surface area contributed by atoms with Crippen LogP contribution in [0.25, 0.3) is 0 Å². The maximum Gasteiger partial charge on any atom is 0.0890 e. The van der Waals surface area contributed by atoms with Crippen molar-refractivity contribution >= 4 is 0 Å². The maximum atomic E-state index is 2.40. The first kappa shape index (κ1) is 9.05. The first-order valence-electron chi connectivity index (χ1n) is 4.85. The van der Waals surface area contributed by atoms with Crippen molar-refractivity contribution in [1.82, 2.24) is 0 Å². The van der Waals surface area contributed by atoms with Gasteiger partial charge in [0.1, 0.15) is 0 Å². The van der Waals surface area contributed by atoms with Crippen LogP contribution in [0.2, 0.25) is 0 Å². The van der Waals surface area contributed by atoms with Crippen LogP contribution in [0.15, 0.2) is 0 Å². The summed E-state index contributed by atoms with van der Waals surface area (Å²) in [5.41, 5.74) is 0. The van der Waals surface area contributed by atoms with E-state index >= 15 is 0 Å². The van der Waals surface area contributed by atoms with Crippen molar-refractivity contribution in [2.75, 3.05) is 20.1 Å². The molecule has 0 amide bonds. The van der Waals surface area contributed by atoms with Crippen LogP contribution in [-0.2, 0) is 0 Å². The minimum atomic E-state index is 0.856. The molecule has 1 heteroatoms. The van der Waals surface area contributed by atoms with Gasteiger partial charge in [0.05, 0.1) is 26.2 Å². The van der Waals surface area contributed by atoms with Crippen LogP contribution in [0, 0.1) is 11.8 Å². The molecule has 0 spiro atoms. The highest BCUT2D eigenvalue weighted by molar-refractivity contribution is 4.75. The topological polar surface area (TPSA) is 0 Å². The van der Waals surface area contributed by atoms with Gasteiger partial charge in [0.25, 0.3) is 0 Å². The molecule has 0 N–H and O–H groups in total. The third-order valence-electron chi connectivity index (χ3n) is 4.07. The molecule has 1 aliphatic rings. The number of hydrogen-bond acceptors (Lipinski definition) is 0. The van der Waals surface area contributed by atoms with Gasteiger partial charge < -0.3 is 4.48 Å². The lowest BCUT2D eigenvalue weighted by Gasteiger charge is -2.34. The van der Waals surface area contributed by atoms with Crippen LogP contribution in [-0.4, -0.2) is 30.7 Å². The fraction of sp³-hybridized carbons (Fsp3) is 1.00. The Morgan fingerprint density at radius 1 is 1.27 bits per heavy atom. The molecule has 1 rings (SSSR count). The van der Waals surface area contributed by atoms with Gasteiger partial charge in [0.2, 0.25) is 0 Å². The van der Waals surface area contributed by atoms with E-state index in [1.807, 2.05) is 0 Å². The highest BCUT2D eigenvalue weighted by Gasteiger charge is 2.43. The summed E-state index contributed by atoms with van der Waals surface area (Å²) >= 11 is 0. The fourth-order valence-electron chi connectivity index (χ4n) is 2.45. The van der Waals surface area contributed by atoms with Gasteiger partial charge in [-0.1, -0.05) is 13.8 Å². The molecule has 0 aromatic carbocycles. The van der Waals surface area contributed by atoms with Crippen molar-refractivity contribution in [3.63, 3.8) is 0 Å². The predicted molar refractivity (Wildman–Crippen MR) is 49.4 cm³/mol. The summed E-state index contributed by atoms with van der Waals surface area (Å²) in [4.78, 5) is 0. The van der Waals surface area contributed by atoms with Crippen molar-refractivity contribution in [2.45, 2.75) is 33.7 Å². The maximum absolute atomic E-state index is 2.40. The Bertz CT molecular complexity index is 144. The molecular weight excluding hydrogens is 134 g/mol. The molecule has 11 heavy (non-hydrogen) atoms. The van der Waals surface area contributed by atoms with Gasteiger partial charge in [0, 0.05) is 11.8 Å². The molecule has 0 aromatic rings. The van der Waals surface area contributed by atoms with E-state index in [2.05, 4.69) is 34.7 Å². The lowest BCUT2D eigenvalue weighted by atomic mass is 9.95. The summed E-state index contributed by atoms with van der Waals surface area (Å²) in [6.45, 7) is 12.2. The predicted octanol–water partition coefficient (Wildman–Crippen LogP) is 2.13. The largest absolute Gasteiger partial charge is 0.324 e. The Hall–Kier alpha value is -0.0400. The number of likely N-dealkylation sites (tertiary alicyclic amines) is 1. The molecule has 1 saturated heterocycles. The Labute approximate surface area is 71.0 Å². The van der Waals surface area contributed by atoms with E-state index < -0.39 is 0 Å². The zero-order valence-corrected chi connectivity index (χ0v) is 8.59. The molecule has 4 atom stereocenters. The quantitative estimate of drug-likeness (QED) is 0.510. The first-order valence-corrected chi connectivity index (χ1v) is 4.85. The molecule has 0 aromatic heterocycles. The highest BCUT2D eigenvalue weighted by atomic mass is 15.4. The van der Waals surface area contributed by atoms with Crippen molar-refractivity contribution in [1.29, 1.82) is 0 Å². The van der Waals surface area contributed by atoms with E-state index in [9.17, 15) is 0 Å². The van der Waals surface area contributed by atoms with Gasteiger partial charge in [0.15, 0.2) is 0 Å². The summed E-state index contributed by atoms with van der Waals surface area (Å²) < 4.78 is 1.28. The summed E-state index contributed by atoms with van der Waals surface area (Å²) in [5.74, 6) is 1.81. The minimum absolute atomic E-state index is 0.856. The fourth-order valence-corrected chi connectivity index (χ4v) is 2.45.